The highest BCUT2D eigenvalue weighted by Gasteiger charge is 2.08. The summed E-state index contributed by atoms with van der Waals surface area (Å²) in [4.78, 5) is 10.9. The highest BCUT2D eigenvalue weighted by molar-refractivity contribution is 9.10. The molecule has 0 atom stereocenters. The summed E-state index contributed by atoms with van der Waals surface area (Å²) in [5.41, 5.74) is 3.01. The van der Waals surface area contributed by atoms with E-state index in [-0.39, 0.29) is 5.56 Å². The summed E-state index contributed by atoms with van der Waals surface area (Å²) in [5, 5.41) is 21.2. The van der Waals surface area contributed by atoms with E-state index in [2.05, 4.69) is 27.3 Å². The molecule has 0 unspecified atom stereocenters. The van der Waals surface area contributed by atoms with Crippen molar-refractivity contribution in [3.05, 3.63) is 57.6 Å². The number of hydrogen-bond acceptors (Lipinski definition) is 3. The third kappa shape index (κ3) is 2.98. The SMILES string of the molecule is Cc1cc(C(=O)O)ccc1Nc1ccc(Br)cc1C#N. The molecule has 0 saturated carbocycles. The molecule has 0 spiro atoms. The monoisotopic (exact) mass is 330 g/mol. The molecule has 0 amide bonds. The maximum Gasteiger partial charge on any atom is 0.335 e. The average Bonchev–Trinajstić information content (AvgIpc) is 2.42. The first-order valence-corrected chi connectivity index (χ1v) is 6.61. The smallest absolute Gasteiger partial charge is 0.335 e. The first-order chi connectivity index (χ1) is 9.51. The minimum absolute atomic E-state index is 0.240. The maximum absolute atomic E-state index is 10.9. The van der Waals surface area contributed by atoms with Crippen molar-refractivity contribution in [3.63, 3.8) is 0 Å². The van der Waals surface area contributed by atoms with E-state index in [1.54, 1.807) is 24.3 Å². The lowest BCUT2D eigenvalue weighted by Gasteiger charge is -2.11. The van der Waals surface area contributed by atoms with Crippen LogP contribution in [0.5, 0.6) is 0 Å². The Morgan fingerprint density at radius 1 is 1.25 bits per heavy atom. The molecule has 100 valence electrons. The van der Waals surface area contributed by atoms with Crippen LogP contribution in [0.4, 0.5) is 11.4 Å². The zero-order valence-electron chi connectivity index (χ0n) is 10.6. The number of benzene rings is 2. The van der Waals surface area contributed by atoms with Gasteiger partial charge in [0.1, 0.15) is 6.07 Å². The van der Waals surface area contributed by atoms with Crippen LogP contribution >= 0.6 is 15.9 Å². The van der Waals surface area contributed by atoms with E-state index in [1.165, 1.54) is 6.07 Å². The van der Waals surface area contributed by atoms with Crippen LogP contribution in [0.2, 0.25) is 0 Å². The van der Waals surface area contributed by atoms with Gasteiger partial charge in [0.15, 0.2) is 0 Å². The normalized spacial score (nSPS) is 9.85. The van der Waals surface area contributed by atoms with Crippen LogP contribution in [0.25, 0.3) is 0 Å². The number of carbonyl (C=O) groups is 1. The Labute approximate surface area is 124 Å². The molecule has 0 aromatic heterocycles. The fraction of sp³-hybridized carbons (Fsp3) is 0.0667. The standard InChI is InChI=1S/C15H11BrN2O2/c1-9-6-10(15(19)20)2-4-13(9)18-14-5-3-12(16)7-11(14)8-17/h2-7,18H,1H3,(H,19,20). The number of nitriles is 1. The summed E-state index contributed by atoms with van der Waals surface area (Å²) >= 11 is 3.32. The van der Waals surface area contributed by atoms with E-state index in [1.807, 2.05) is 13.0 Å². The van der Waals surface area contributed by atoms with Crippen molar-refractivity contribution in [1.82, 2.24) is 0 Å². The van der Waals surface area contributed by atoms with Crippen LogP contribution in [0, 0.1) is 18.3 Å². The molecule has 0 saturated heterocycles. The van der Waals surface area contributed by atoms with Gasteiger partial charge in [-0.3, -0.25) is 0 Å². The zero-order valence-corrected chi connectivity index (χ0v) is 12.2. The predicted molar refractivity (Wildman–Crippen MR) is 80.3 cm³/mol. The first-order valence-electron chi connectivity index (χ1n) is 5.82. The van der Waals surface area contributed by atoms with E-state index in [4.69, 9.17) is 10.4 Å². The van der Waals surface area contributed by atoms with Gasteiger partial charge in [-0.25, -0.2) is 4.79 Å². The lowest BCUT2D eigenvalue weighted by molar-refractivity contribution is 0.0697. The summed E-state index contributed by atoms with van der Waals surface area (Å²) in [5.74, 6) is -0.957. The van der Waals surface area contributed by atoms with E-state index in [0.29, 0.717) is 11.3 Å². The minimum atomic E-state index is -0.957. The molecule has 4 nitrogen and oxygen atoms in total. The first kappa shape index (κ1) is 14.1. The number of anilines is 2. The van der Waals surface area contributed by atoms with E-state index in [0.717, 1.165) is 15.7 Å². The number of nitrogens with one attached hydrogen (secondary N) is 1. The number of aryl methyl sites for hydroxylation is 1. The largest absolute Gasteiger partial charge is 0.478 e. The van der Waals surface area contributed by atoms with Crippen LogP contribution in [0.1, 0.15) is 21.5 Å². The molecule has 0 heterocycles. The second-order valence-electron chi connectivity index (χ2n) is 4.26. The summed E-state index contributed by atoms with van der Waals surface area (Å²) in [7, 11) is 0. The second-order valence-corrected chi connectivity index (χ2v) is 5.18. The van der Waals surface area contributed by atoms with Crippen molar-refractivity contribution >= 4 is 33.3 Å². The molecule has 2 N–H and O–H groups in total. The highest BCUT2D eigenvalue weighted by atomic mass is 79.9. The van der Waals surface area contributed by atoms with Crippen LogP contribution < -0.4 is 5.32 Å². The third-order valence-corrected chi connectivity index (χ3v) is 3.34. The molecule has 20 heavy (non-hydrogen) atoms. The fourth-order valence-corrected chi connectivity index (χ4v) is 2.16. The van der Waals surface area contributed by atoms with Gasteiger partial charge in [-0.15, -0.1) is 0 Å². The number of carboxylic acids is 1. The van der Waals surface area contributed by atoms with E-state index >= 15 is 0 Å². The van der Waals surface area contributed by atoms with Crippen molar-refractivity contribution in [1.29, 1.82) is 5.26 Å². The van der Waals surface area contributed by atoms with Gasteiger partial charge in [-0.05, 0) is 48.9 Å². The lowest BCUT2D eigenvalue weighted by atomic mass is 10.1. The quantitative estimate of drug-likeness (QED) is 0.889. The fourth-order valence-electron chi connectivity index (χ4n) is 1.80. The lowest BCUT2D eigenvalue weighted by Crippen LogP contribution is -2.00. The topological polar surface area (TPSA) is 73.1 Å². The Bertz CT molecular complexity index is 720. The second kappa shape index (κ2) is 5.76. The summed E-state index contributed by atoms with van der Waals surface area (Å²) in [6.45, 7) is 1.82. The zero-order chi connectivity index (χ0) is 14.7. The molecule has 0 aliphatic heterocycles. The Balaban J connectivity index is 2.36. The Hall–Kier alpha value is -2.32. The number of hydrogen-bond donors (Lipinski definition) is 2. The van der Waals surface area contributed by atoms with Gasteiger partial charge >= 0.3 is 5.97 Å². The van der Waals surface area contributed by atoms with Crippen molar-refractivity contribution in [2.45, 2.75) is 6.92 Å². The number of carboxylic acid groups (broad SMARTS) is 1. The molecular weight excluding hydrogens is 320 g/mol. The molecule has 2 aromatic carbocycles. The van der Waals surface area contributed by atoms with Gasteiger partial charge in [-0.1, -0.05) is 15.9 Å². The Kier molecular flexibility index (Phi) is 4.06. The average molecular weight is 331 g/mol. The molecule has 0 fully saturated rings. The molecule has 5 heteroatoms. The number of aromatic carboxylic acids is 1. The van der Waals surface area contributed by atoms with Gasteiger partial charge in [0, 0.05) is 10.2 Å². The molecular formula is C15H11BrN2O2. The van der Waals surface area contributed by atoms with Crippen LogP contribution in [0.3, 0.4) is 0 Å². The van der Waals surface area contributed by atoms with Crippen molar-refractivity contribution in [2.75, 3.05) is 5.32 Å². The number of nitrogens with zero attached hydrogens (tertiary/aromatic N) is 1. The van der Waals surface area contributed by atoms with Gasteiger partial charge in [0.25, 0.3) is 0 Å². The molecule has 2 aromatic rings. The molecule has 0 radical (unpaired) electrons. The maximum atomic E-state index is 10.9. The van der Waals surface area contributed by atoms with Crippen LogP contribution in [-0.2, 0) is 0 Å². The van der Waals surface area contributed by atoms with Crippen molar-refractivity contribution in [2.24, 2.45) is 0 Å². The summed E-state index contributed by atoms with van der Waals surface area (Å²) in [6.07, 6.45) is 0. The van der Waals surface area contributed by atoms with Gasteiger partial charge in [0.05, 0.1) is 16.8 Å². The predicted octanol–water partition coefficient (Wildman–Crippen LogP) is 4.07. The number of rotatable bonds is 3. The minimum Gasteiger partial charge on any atom is -0.478 e. The molecule has 0 aliphatic carbocycles. The molecule has 0 aliphatic rings. The van der Waals surface area contributed by atoms with E-state index in [9.17, 15) is 4.79 Å². The summed E-state index contributed by atoms with van der Waals surface area (Å²) in [6, 6.07) is 12.3. The highest BCUT2D eigenvalue weighted by Crippen LogP contribution is 2.26. The van der Waals surface area contributed by atoms with Gasteiger partial charge < -0.3 is 10.4 Å². The molecule has 0 bridgehead atoms. The van der Waals surface area contributed by atoms with Crippen molar-refractivity contribution in [3.8, 4) is 6.07 Å². The summed E-state index contributed by atoms with van der Waals surface area (Å²) < 4.78 is 0.831. The van der Waals surface area contributed by atoms with Crippen LogP contribution in [-0.4, -0.2) is 11.1 Å². The van der Waals surface area contributed by atoms with E-state index < -0.39 is 5.97 Å². The Morgan fingerprint density at radius 2 is 1.95 bits per heavy atom. The van der Waals surface area contributed by atoms with Gasteiger partial charge in [-0.2, -0.15) is 5.26 Å². The Morgan fingerprint density at radius 3 is 2.55 bits per heavy atom. The molecule has 2 rings (SSSR count). The van der Waals surface area contributed by atoms with Crippen LogP contribution in [0.15, 0.2) is 40.9 Å². The van der Waals surface area contributed by atoms with Crippen molar-refractivity contribution < 1.29 is 9.90 Å². The number of halogens is 1. The van der Waals surface area contributed by atoms with Gasteiger partial charge in [0.2, 0.25) is 0 Å². The third-order valence-electron chi connectivity index (χ3n) is 2.84.